The summed E-state index contributed by atoms with van der Waals surface area (Å²) in [4.78, 5) is 24.2. The van der Waals surface area contributed by atoms with Crippen LogP contribution in [0.1, 0.15) is 30.5 Å². The topological polar surface area (TPSA) is 61.8 Å². The summed E-state index contributed by atoms with van der Waals surface area (Å²) in [5.74, 6) is -2.11. The zero-order chi connectivity index (χ0) is 18.7. The van der Waals surface area contributed by atoms with E-state index in [9.17, 15) is 9.59 Å². The van der Waals surface area contributed by atoms with E-state index in [4.69, 9.17) is 14.2 Å². The third-order valence-electron chi connectivity index (χ3n) is 3.81. The first-order valence-electron chi connectivity index (χ1n) is 8.30. The quantitative estimate of drug-likeness (QED) is 0.476. The number of hydrogen-bond acceptors (Lipinski definition) is 5. The van der Waals surface area contributed by atoms with Crippen LogP contribution in [0.2, 0.25) is 0 Å². The van der Waals surface area contributed by atoms with Gasteiger partial charge in [-0.15, -0.1) is 0 Å². The number of ether oxygens (including phenoxy) is 3. The van der Waals surface area contributed by atoms with E-state index < -0.39 is 17.7 Å². The van der Waals surface area contributed by atoms with E-state index in [0.29, 0.717) is 17.9 Å². The molecule has 0 aliphatic carbocycles. The molecule has 1 aliphatic rings. The van der Waals surface area contributed by atoms with Gasteiger partial charge in [-0.2, -0.15) is 0 Å². The smallest absolute Gasteiger partial charge is 0.348 e. The van der Waals surface area contributed by atoms with Crippen molar-refractivity contribution in [3.8, 4) is 5.75 Å². The van der Waals surface area contributed by atoms with E-state index in [-0.39, 0.29) is 5.57 Å². The highest BCUT2D eigenvalue weighted by Crippen LogP contribution is 2.27. The third kappa shape index (κ3) is 4.11. The first-order valence-corrected chi connectivity index (χ1v) is 8.30. The summed E-state index contributed by atoms with van der Waals surface area (Å²) in [5.41, 5.74) is 2.63. The minimum Gasteiger partial charge on any atom is -0.488 e. The van der Waals surface area contributed by atoms with E-state index in [1.807, 2.05) is 37.3 Å². The van der Waals surface area contributed by atoms with Crippen molar-refractivity contribution in [3.05, 3.63) is 70.8 Å². The van der Waals surface area contributed by atoms with Crippen LogP contribution in [-0.2, 0) is 25.7 Å². The summed E-state index contributed by atoms with van der Waals surface area (Å²) >= 11 is 0. The lowest BCUT2D eigenvalue weighted by molar-refractivity contribution is -0.222. The molecule has 1 saturated heterocycles. The zero-order valence-corrected chi connectivity index (χ0v) is 14.9. The number of carbonyl (C=O) groups excluding carboxylic acids is 2. The van der Waals surface area contributed by atoms with Gasteiger partial charge in [-0.25, -0.2) is 9.59 Å². The standard InChI is InChI=1S/C21H20O5/c1-14-7-6-8-15(11-14)13-24-18-10-5-4-9-16(18)12-17-19(22)25-21(2,3)26-20(17)23/h4-12H,13H2,1-3H3. The lowest BCUT2D eigenvalue weighted by atomic mass is 10.1. The normalized spacial score (nSPS) is 15.9. The molecule has 26 heavy (non-hydrogen) atoms. The van der Waals surface area contributed by atoms with Crippen LogP contribution in [0.15, 0.2) is 54.1 Å². The monoisotopic (exact) mass is 352 g/mol. The van der Waals surface area contributed by atoms with Crippen molar-refractivity contribution in [1.29, 1.82) is 0 Å². The Labute approximate surface area is 152 Å². The van der Waals surface area contributed by atoms with Crippen LogP contribution < -0.4 is 4.74 Å². The molecule has 134 valence electrons. The summed E-state index contributed by atoms with van der Waals surface area (Å²) in [5, 5.41) is 0. The van der Waals surface area contributed by atoms with Gasteiger partial charge < -0.3 is 14.2 Å². The number of cyclic esters (lactones) is 2. The molecule has 0 N–H and O–H groups in total. The lowest BCUT2D eigenvalue weighted by Gasteiger charge is -2.29. The molecule has 0 amide bonds. The Morgan fingerprint density at radius 1 is 1.00 bits per heavy atom. The van der Waals surface area contributed by atoms with Crippen molar-refractivity contribution >= 4 is 18.0 Å². The van der Waals surface area contributed by atoms with Crippen LogP contribution in [0.5, 0.6) is 5.75 Å². The van der Waals surface area contributed by atoms with Crippen LogP contribution in [0.3, 0.4) is 0 Å². The van der Waals surface area contributed by atoms with Gasteiger partial charge in [0.2, 0.25) is 0 Å². The third-order valence-corrected chi connectivity index (χ3v) is 3.81. The Bertz CT molecular complexity index is 857. The lowest BCUT2D eigenvalue weighted by Crippen LogP contribution is -2.41. The molecule has 0 saturated carbocycles. The largest absolute Gasteiger partial charge is 0.488 e. The second-order valence-electron chi connectivity index (χ2n) is 6.55. The molecule has 0 aromatic heterocycles. The highest BCUT2D eigenvalue weighted by Gasteiger charge is 2.38. The fourth-order valence-electron chi connectivity index (χ4n) is 2.63. The molecular weight excluding hydrogens is 332 g/mol. The fourth-order valence-corrected chi connectivity index (χ4v) is 2.63. The summed E-state index contributed by atoms with van der Waals surface area (Å²) in [6.45, 7) is 5.42. The number of rotatable bonds is 4. The number of carbonyl (C=O) groups is 2. The van der Waals surface area contributed by atoms with E-state index in [1.165, 1.54) is 19.9 Å². The zero-order valence-electron chi connectivity index (χ0n) is 14.9. The Balaban J connectivity index is 1.83. The fraction of sp³-hybridized carbons (Fsp3) is 0.238. The Hall–Kier alpha value is -3.08. The van der Waals surface area contributed by atoms with Crippen LogP contribution in [0.25, 0.3) is 6.08 Å². The average molecular weight is 352 g/mol. The molecule has 0 atom stereocenters. The predicted octanol–water partition coefficient (Wildman–Crippen LogP) is 3.79. The maximum absolute atomic E-state index is 12.1. The van der Waals surface area contributed by atoms with Crippen LogP contribution in [0, 0.1) is 6.92 Å². The molecule has 3 rings (SSSR count). The number of esters is 2. The number of para-hydroxylation sites is 1. The van der Waals surface area contributed by atoms with Crippen LogP contribution in [0.4, 0.5) is 0 Å². The Morgan fingerprint density at radius 3 is 2.38 bits per heavy atom. The molecule has 5 nitrogen and oxygen atoms in total. The highest BCUT2D eigenvalue weighted by atomic mass is 16.7. The van der Waals surface area contributed by atoms with Crippen LogP contribution in [-0.4, -0.2) is 17.7 Å². The van der Waals surface area contributed by atoms with Crippen molar-refractivity contribution < 1.29 is 23.8 Å². The average Bonchev–Trinajstić information content (AvgIpc) is 2.56. The molecule has 0 unspecified atom stereocenters. The van der Waals surface area contributed by atoms with E-state index >= 15 is 0 Å². The van der Waals surface area contributed by atoms with Crippen molar-refractivity contribution in [3.63, 3.8) is 0 Å². The van der Waals surface area contributed by atoms with Gasteiger partial charge in [-0.05, 0) is 24.6 Å². The molecule has 1 fully saturated rings. The number of benzene rings is 2. The van der Waals surface area contributed by atoms with Gasteiger partial charge in [0.1, 0.15) is 17.9 Å². The molecule has 0 spiro atoms. The summed E-state index contributed by atoms with van der Waals surface area (Å²) in [7, 11) is 0. The van der Waals surface area contributed by atoms with Gasteiger partial charge in [-0.1, -0.05) is 48.0 Å². The molecular formula is C21H20O5. The molecule has 2 aromatic carbocycles. The summed E-state index contributed by atoms with van der Waals surface area (Å²) in [6.07, 6.45) is 1.44. The molecule has 2 aromatic rings. The van der Waals surface area contributed by atoms with Gasteiger partial charge in [-0.3, -0.25) is 0 Å². The van der Waals surface area contributed by atoms with Crippen LogP contribution >= 0.6 is 0 Å². The molecule has 1 heterocycles. The minimum atomic E-state index is -1.26. The van der Waals surface area contributed by atoms with Crippen molar-refractivity contribution in [2.24, 2.45) is 0 Å². The second-order valence-corrected chi connectivity index (χ2v) is 6.55. The van der Waals surface area contributed by atoms with Gasteiger partial charge in [0.15, 0.2) is 0 Å². The summed E-state index contributed by atoms with van der Waals surface area (Å²) < 4.78 is 16.1. The van der Waals surface area contributed by atoms with E-state index in [0.717, 1.165) is 11.1 Å². The van der Waals surface area contributed by atoms with Gasteiger partial charge in [0.25, 0.3) is 5.79 Å². The number of hydrogen-bond donors (Lipinski definition) is 0. The van der Waals surface area contributed by atoms with Gasteiger partial charge >= 0.3 is 11.9 Å². The predicted molar refractivity (Wildman–Crippen MR) is 96.2 cm³/mol. The molecule has 1 aliphatic heterocycles. The first-order chi connectivity index (χ1) is 12.3. The van der Waals surface area contributed by atoms with Gasteiger partial charge in [0, 0.05) is 19.4 Å². The van der Waals surface area contributed by atoms with E-state index in [1.54, 1.807) is 18.2 Å². The van der Waals surface area contributed by atoms with Crippen molar-refractivity contribution in [1.82, 2.24) is 0 Å². The van der Waals surface area contributed by atoms with Crippen molar-refractivity contribution in [2.45, 2.75) is 33.2 Å². The minimum absolute atomic E-state index is 0.157. The Morgan fingerprint density at radius 2 is 1.69 bits per heavy atom. The summed E-state index contributed by atoms with van der Waals surface area (Å²) in [6, 6.07) is 15.2. The first kappa shape index (κ1) is 17.7. The van der Waals surface area contributed by atoms with Gasteiger partial charge in [0.05, 0.1) is 0 Å². The molecule has 0 radical (unpaired) electrons. The second kappa shape index (κ2) is 7.04. The SMILES string of the molecule is Cc1cccc(COc2ccccc2C=C2C(=O)OC(C)(C)OC2=O)c1. The van der Waals surface area contributed by atoms with Crippen molar-refractivity contribution in [2.75, 3.05) is 0 Å². The molecule has 5 heteroatoms. The maximum Gasteiger partial charge on any atom is 0.348 e. The van der Waals surface area contributed by atoms with E-state index in [2.05, 4.69) is 0 Å². The highest BCUT2D eigenvalue weighted by molar-refractivity contribution is 6.19. The number of aryl methyl sites for hydroxylation is 1. The molecule has 0 bridgehead atoms. The maximum atomic E-state index is 12.1. The Kier molecular flexibility index (Phi) is 4.80.